The molecule has 4 rings (SSSR count). The van der Waals surface area contributed by atoms with Crippen LogP contribution in [0.3, 0.4) is 0 Å². The van der Waals surface area contributed by atoms with Gasteiger partial charge in [0.15, 0.2) is 0 Å². The number of benzene rings is 1. The Morgan fingerprint density at radius 1 is 1.03 bits per heavy atom. The first-order valence-corrected chi connectivity index (χ1v) is 11.9. The number of nitrogens with zero attached hydrogens (tertiary/aromatic N) is 3. The first-order chi connectivity index (χ1) is 16.5. The van der Waals surface area contributed by atoms with Crippen molar-refractivity contribution in [3.63, 3.8) is 0 Å². The van der Waals surface area contributed by atoms with Crippen molar-refractivity contribution >= 4 is 11.7 Å². The maximum Gasteiger partial charge on any atom is 0.454 e. The third-order valence-corrected chi connectivity index (χ3v) is 7.58. The number of rotatable bonds is 3. The molecule has 1 aromatic carbocycles. The van der Waals surface area contributed by atoms with Crippen LogP contribution >= 0.6 is 0 Å². The van der Waals surface area contributed by atoms with Gasteiger partial charge in [-0.25, -0.2) is 4.39 Å². The number of aliphatic hydroxyl groups is 1. The van der Waals surface area contributed by atoms with Crippen LogP contribution in [0.1, 0.15) is 72.5 Å². The minimum atomic E-state index is -4.97. The molecule has 1 aromatic heterocycles. The molecule has 36 heavy (non-hydrogen) atoms. The molecule has 196 valence electrons. The Hall–Kier alpha value is -2.72. The van der Waals surface area contributed by atoms with Crippen molar-refractivity contribution in [1.82, 2.24) is 14.4 Å². The smallest absolute Gasteiger partial charge is 0.386 e. The molecule has 10 heteroatoms. The number of ketones is 1. The fourth-order valence-corrected chi connectivity index (χ4v) is 5.66. The topological polar surface area (TPSA) is 65.8 Å². The number of fused-ring (bicyclic) bond motifs is 2. The lowest BCUT2D eigenvalue weighted by Gasteiger charge is -2.54. The summed E-state index contributed by atoms with van der Waals surface area (Å²) in [5.74, 6) is -2.90. The van der Waals surface area contributed by atoms with Crippen LogP contribution in [0.2, 0.25) is 0 Å². The van der Waals surface area contributed by atoms with Gasteiger partial charge in [-0.3, -0.25) is 14.5 Å². The van der Waals surface area contributed by atoms with Crippen LogP contribution in [-0.2, 0) is 16.7 Å². The molecule has 1 N–H and O–H groups in total. The largest absolute Gasteiger partial charge is 0.454 e. The van der Waals surface area contributed by atoms with Gasteiger partial charge in [-0.05, 0) is 65.8 Å². The summed E-state index contributed by atoms with van der Waals surface area (Å²) in [5.41, 5.74) is -2.07. The Labute approximate surface area is 207 Å². The van der Waals surface area contributed by atoms with Gasteiger partial charge in [-0.2, -0.15) is 13.2 Å². The molecular weight excluding hydrogens is 478 g/mol. The Bertz CT molecular complexity index is 1200. The van der Waals surface area contributed by atoms with Crippen molar-refractivity contribution < 1.29 is 32.3 Å². The highest BCUT2D eigenvalue weighted by molar-refractivity contribution is 6.00. The summed E-state index contributed by atoms with van der Waals surface area (Å²) >= 11 is 0. The molecule has 0 unspecified atom stereocenters. The second kappa shape index (κ2) is 8.41. The fraction of sp³-hybridized carbons (Fsp3) is 0.538. The van der Waals surface area contributed by atoms with E-state index >= 15 is 0 Å². The Kier molecular flexibility index (Phi) is 6.16. The van der Waals surface area contributed by atoms with Crippen LogP contribution in [0.4, 0.5) is 17.6 Å². The number of hydrogen-bond acceptors (Lipinski definition) is 4. The molecule has 1 saturated heterocycles. The summed E-state index contributed by atoms with van der Waals surface area (Å²) in [6.07, 6.45) is -2.78. The highest BCUT2D eigenvalue weighted by Crippen LogP contribution is 2.46. The third kappa shape index (κ3) is 4.34. The SMILES string of the molecule is CN1CC(C)(C)n2cc(C(=O)C(F)(F)F)cc2C12CCN(C(=O)c1ccc(C(C)(C)O)c(F)c1)CC2. The Balaban J connectivity index is 1.61. The van der Waals surface area contributed by atoms with Gasteiger partial charge in [0, 0.05) is 48.2 Å². The van der Waals surface area contributed by atoms with Gasteiger partial charge in [-0.15, -0.1) is 0 Å². The van der Waals surface area contributed by atoms with Gasteiger partial charge in [0.1, 0.15) is 5.82 Å². The highest BCUT2D eigenvalue weighted by atomic mass is 19.4. The standard InChI is InChI=1S/C26H31F4N3O3/c1-23(2)15-31(5)25(20-13-17(14-33(20)23)21(34)26(28,29)30)8-10-32(11-9-25)22(35)16-6-7-18(19(27)12-16)24(3,4)36/h6-7,12-14,36H,8-11,15H2,1-5H3. The van der Waals surface area contributed by atoms with Crippen LogP contribution in [0.5, 0.6) is 0 Å². The fourth-order valence-electron chi connectivity index (χ4n) is 5.66. The van der Waals surface area contributed by atoms with Gasteiger partial charge in [0.05, 0.1) is 16.7 Å². The normalized spacial score (nSPS) is 19.9. The van der Waals surface area contributed by atoms with Crippen molar-refractivity contribution in [2.24, 2.45) is 0 Å². The predicted molar refractivity (Wildman–Crippen MR) is 125 cm³/mol. The number of amides is 1. The average molecular weight is 510 g/mol. The Morgan fingerprint density at radius 2 is 1.64 bits per heavy atom. The molecule has 1 spiro atoms. The molecule has 0 radical (unpaired) electrons. The first kappa shape index (κ1) is 26.3. The van der Waals surface area contributed by atoms with Crippen molar-refractivity contribution in [3.8, 4) is 0 Å². The van der Waals surface area contributed by atoms with Gasteiger partial charge in [0.25, 0.3) is 11.7 Å². The Morgan fingerprint density at radius 3 is 2.17 bits per heavy atom. The van der Waals surface area contributed by atoms with Crippen LogP contribution in [-0.4, -0.2) is 64.0 Å². The molecule has 2 aliphatic rings. The number of aromatic nitrogens is 1. The van der Waals surface area contributed by atoms with E-state index in [4.69, 9.17) is 0 Å². The number of carbonyl (C=O) groups excluding carboxylic acids is 2. The quantitative estimate of drug-likeness (QED) is 0.492. The van der Waals surface area contributed by atoms with E-state index in [1.807, 2.05) is 20.9 Å². The maximum atomic E-state index is 14.6. The maximum absolute atomic E-state index is 14.6. The zero-order valence-electron chi connectivity index (χ0n) is 21.0. The molecule has 0 saturated carbocycles. The van der Waals surface area contributed by atoms with Crippen LogP contribution in [0.25, 0.3) is 0 Å². The van der Waals surface area contributed by atoms with E-state index in [1.165, 1.54) is 38.2 Å². The lowest BCUT2D eigenvalue weighted by atomic mass is 9.78. The van der Waals surface area contributed by atoms with E-state index in [9.17, 15) is 32.3 Å². The molecule has 0 aliphatic carbocycles. The second-order valence-electron chi connectivity index (χ2n) is 11.1. The first-order valence-electron chi connectivity index (χ1n) is 11.9. The molecule has 0 bridgehead atoms. The number of piperidine rings is 1. The summed E-state index contributed by atoms with van der Waals surface area (Å²) in [6.45, 7) is 7.91. The van der Waals surface area contributed by atoms with Crippen molar-refractivity contribution in [1.29, 1.82) is 0 Å². The van der Waals surface area contributed by atoms with E-state index in [0.29, 0.717) is 38.2 Å². The summed E-state index contributed by atoms with van der Waals surface area (Å²) in [7, 11) is 1.91. The summed E-state index contributed by atoms with van der Waals surface area (Å²) in [5, 5.41) is 10.1. The minimum absolute atomic E-state index is 0.0908. The second-order valence-corrected chi connectivity index (χ2v) is 11.1. The number of halogens is 4. The van der Waals surface area contributed by atoms with Gasteiger partial charge < -0.3 is 14.6 Å². The number of carbonyl (C=O) groups is 2. The molecule has 6 nitrogen and oxygen atoms in total. The number of likely N-dealkylation sites (N-methyl/N-ethyl adjacent to an activating group) is 1. The van der Waals surface area contributed by atoms with Gasteiger partial charge >= 0.3 is 6.18 Å². The van der Waals surface area contributed by atoms with Gasteiger partial charge in [-0.1, -0.05) is 6.07 Å². The lowest BCUT2D eigenvalue weighted by Crippen LogP contribution is -2.60. The number of hydrogen-bond donors (Lipinski definition) is 1. The van der Waals surface area contributed by atoms with E-state index in [2.05, 4.69) is 4.90 Å². The van der Waals surface area contributed by atoms with Crippen molar-refractivity contribution in [2.45, 2.75) is 63.4 Å². The molecular formula is C26H31F4N3O3. The minimum Gasteiger partial charge on any atom is -0.386 e. The number of Topliss-reactive ketones (excluding diaryl/α,β-unsaturated/α-hetero) is 1. The molecule has 1 amide bonds. The summed E-state index contributed by atoms with van der Waals surface area (Å²) in [4.78, 5) is 28.8. The van der Waals surface area contributed by atoms with E-state index in [1.54, 1.807) is 9.47 Å². The number of likely N-dealkylation sites (tertiary alicyclic amines) is 1. The molecule has 1 fully saturated rings. The summed E-state index contributed by atoms with van der Waals surface area (Å²) in [6, 6.07) is 5.35. The van der Waals surface area contributed by atoms with E-state index in [0.717, 1.165) is 6.07 Å². The molecule has 3 heterocycles. The third-order valence-electron chi connectivity index (χ3n) is 7.58. The van der Waals surface area contributed by atoms with Crippen molar-refractivity contribution in [3.05, 3.63) is 58.7 Å². The van der Waals surface area contributed by atoms with E-state index in [-0.39, 0.29) is 22.6 Å². The molecule has 2 aliphatic heterocycles. The highest BCUT2D eigenvalue weighted by Gasteiger charge is 2.50. The zero-order valence-corrected chi connectivity index (χ0v) is 21.0. The average Bonchev–Trinajstić information content (AvgIpc) is 3.23. The number of alkyl halides is 3. The molecule has 0 atom stereocenters. The van der Waals surface area contributed by atoms with Crippen LogP contribution < -0.4 is 0 Å². The zero-order chi connectivity index (χ0) is 26.8. The van der Waals surface area contributed by atoms with E-state index < -0.39 is 34.5 Å². The molecule has 2 aromatic rings. The predicted octanol–water partition coefficient (Wildman–Crippen LogP) is 4.41. The summed E-state index contributed by atoms with van der Waals surface area (Å²) < 4.78 is 55.8. The van der Waals surface area contributed by atoms with Gasteiger partial charge in [0.2, 0.25) is 0 Å². The van der Waals surface area contributed by atoms with Crippen molar-refractivity contribution in [2.75, 3.05) is 26.7 Å². The monoisotopic (exact) mass is 509 g/mol. The van der Waals surface area contributed by atoms with Crippen LogP contribution in [0.15, 0.2) is 30.5 Å². The van der Waals surface area contributed by atoms with Crippen LogP contribution in [0, 0.1) is 5.82 Å². The lowest BCUT2D eigenvalue weighted by molar-refractivity contribution is -0.0885.